The van der Waals surface area contributed by atoms with Crippen LogP contribution in [0.2, 0.25) is 0 Å². The second-order valence-electron chi connectivity index (χ2n) is 5.63. The Morgan fingerprint density at radius 3 is 2.74 bits per heavy atom. The second-order valence-corrected chi connectivity index (χ2v) is 5.63. The van der Waals surface area contributed by atoms with E-state index in [9.17, 15) is 4.39 Å². The molecule has 0 bridgehead atoms. The summed E-state index contributed by atoms with van der Waals surface area (Å²) in [5, 5.41) is 3.55. The third-order valence-corrected chi connectivity index (χ3v) is 3.81. The third-order valence-electron chi connectivity index (χ3n) is 3.81. The molecule has 1 aliphatic rings. The van der Waals surface area contributed by atoms with Crippen LogP contribution in [0.4, 0.5) is 4.39 Å². The van der Waals surface area contributed by atoms with Crippen LogP contribution in [0.3, 0.4) is 0 Å². The fraction of sp³-hybridized carbons (Fsp3) is 0.625. The van der Waals surface area contributed by atoms with Gasteiger partial charge in [-0.3, -0.25) is 0 Å². The van der Waals surface area contributed by atoms with Crippen LogP contribution in [0.25, 0.3) is 0 Å². The predicted octanol–water partition coefficient (Wildman–Crippen LogP) is 3.16. The first-order chi connectivity index (χ1) is 9.19. The van der Waals surface area contributed by atoms with Gasteiger partial charge in [0.05, 0.1) is 6.10 Å². The van der Waals surface area contributed by atoms with Gasteiger partial charge < -0.3 is 10.1 Å². The zero-order chi connectivity index (χ0) is 13.7. The van der Waals surface area contributed by atoms with Crippen molar-refractivity contribution in [1.29, 1.82) is 0 Å². The highest BCUT2D eigenvalue weighted by molar-refractivity contribution is 5.18. The smallest absolute Gasteiger partial charge is 0.126 e. The lowest BCUT2D eigenvalue weighted by atomic mass is 9.93. The molecule has 1 aliphatic carbocycles. The van der Waals surface area contributed by atoms with Crippen molar-refractivity contribution in [3.05, 3.63) is 35.6 Å². The summed E-state index contributed by atoms with van der Waals surface area (Å²) in [6, 6.07) is 7.77. The average molecular weight is 265 g/mol. The SMILES string of the molecule is COC(C)CC(CNC1CC1)Cc1ccccc1F. The molecule has 0 heterocycles. The number of halogens is 1. The summed E-state index contributed by atoms with van der Waals surface area (Å²) in [5.41, 5.74) is 0.813. The van der Waals surface area contributed by atoms with Gasteiger partial charge in [-0.05, 0) is 56.7 Å². The Bertz CT molecular complexity index is 392. The fourth-order valence-corrected chi connectivity index (χ4v) is 2.40. The van der Waals surface area contributed by atoms with Gasteiger partial charge in [0, 0.05) is 13.2 Å². The molecule has 2 rings (SSSR count). The van der Waals surface area contributed by atoms with Crippen LogP contribution in [0.15, 0.2) is 24.3 Å². The van der Waals surface area contributed by atoms with Gasteiger partial charge in [0.1, 0.15) is 5.82 Å². The van der Waals surface area contributed by atoms with Crippen LogP contribution in [0.1, 0.15) is 31.7 Å². The van der Waals surface area contributed by atoms with Crippen molar-refractivity contribution < 1.29 is 9.13 Å². The van der Waals surface area contributed by atoms with Crippen molar-refractivity contribution in [1.82, 2.24) is 5.32 Å². The number of hydrogen-bond acceptors (Lipinski definition) is 2. The Balaban J connectivity index is 1.92. The van der Waals surface area contributed by atoms with Gasteiger partial charge in [0.15, 0.2) is 0 Å². The molecule has 0 spiro atoms. The molecular weight excluding hydrogens is 241 g/mol. The molecule has 1 aromatic carbocycles. The van der Waals surface area contributed by atoms with Gasteiger partial charge >= 0.3 is 0 Å². The quantitative estimate of drug-likeness (QED) is 0.779. The molecule has 0 radical (unpaired) electrons. The minimum absolute atomic E-state index is 0.0935. The van der Waals surface area contributed by atoms with Crippen molar-refractivity contribution in [2.45, 2.75) is 44.8 Å². The Kier molecular flexibility index (Phi) is 5.34. The van der Waals surface area contributed by atoms with E-state index in [-0.39, 0.29) is 11.9 Å². The maximum Gasteiger partial charge on any atom is 0.126 e. The van der Waals surface area contributed by atoms with Crippen molar-refractivity contribution >= 4 is 0 Å². The fourth-order valence-electron chi connectivity index (χ4n) is 2.40. The minimum Gasteiger partial charge on any atom is -0.382 e. The van der Waals surface area contributed by atoms with Gasteiger partial charge in [-0.2, -0.15) is 0 Å². The van der Waals surface area contributed by atoms with Crippen LogP contribution in [0.5, 0.6) is 0 Å². The van der Waals surface area contributed by atoms with Crippen LogP contribution in [-0.2, 0) is 11.2 Å². The molecule has 1 saturated carbocycles. The molecule has 0 saturated heterocycles. The van der Waals surface area contributed by atoms with Crippen molar-refractivity contribution in [2.24, 2.45) is 5.92 Å². The van der Waals surface area contributed by atoms with Gasteiger partial charge in [-0.15, -0.1) is 0 Å². The van der Waals surface area contributed by atoms with E-state index in [1.54, 1.807) is 19.2 Å². The molecule has 2 unspecified atom stereocenters. The monoisotopic (exact) mass is 265 g/mol. The van der Waals surface area contributed by atoms with Crippen molar-refractivity contribution in [2.75, 3.05) is 13.7 Å². The number of benzene rings is 1. The Labute approximate surface area is 115 Å². The van der Waals surface area contributed by atoms with Crippen LogP contribution in [0, 0.1) is 11.7 Å². The lowest BCUT2D eigenvalue weighted by molar-refractivity contribution is 0.0944. The van der Waals surface area contributed by atoms with Gasteiger partial charge in [-0.1, -0.05) is 18.2 Å². The average Bonchev–Trinajstić information content (AvgIpc) is 3.22. The van der Waals surface area contributed by atoms with E-state index in [0.717, 1.165) is 24.9 Å². The van der Waals surface area contributed by atoms with E-state index in [2.05, 4.69) is 12.2 Å². The summed E-state index contributed by atoms with van der Waals surface area (Å²) < 4.78 is 19.1. The van der Waals surface area contributed by atoms with Crippen LogP contribution >= 0.6 is 0 Å². The van der Waals surface area contributed by atoms with Crippen molar-refractivity contribution in [3.8, 4) is 0 Å². The lowest BCUT2D eigenvalue weighted by Gasteiger charge is -2.21. The zero-order valence-corrected chi connectivity index (χ0v) is 11.9. The van der Waals surface area contributed by atoms with E-state index in [4.69, 9.17) is 4.74 Å². The number of hydrogen-bond donors (Lipinski definition) is 1. The Morgan fingerprint density at radius 2 is 2.11 bits per heavy atom. The lowest BCUT2D eigenvalue weighted by Crippen LogP contribution is -2.29. The molecule has 2 atom stereocenters. The molecule has 106 valence electrons. The highest BCUT2D eigenvalue weighted by Crippen LogP contribution is 2.22. The number of rotatable bonds is 8. The molecule has 0 aliphatic heterocycles. The number of nitrogens with one attached hydrogen (secondary N) is 1. The van der Waals surface area contributed by atoms with Crippen molar-refractivity contribution in [3.63, 3.8) is 0 Å². The molecule has 0 aromatic heterocycles. The van der Waals surface area contributed by atoms with E-state index < -0.39 is 0 Å². The maximum absolute atomic E-state index is 13.7. The summed E-state index contributed by atoms with van der Waals surface area (Å²) in [6.07, 6.45) is 4.53. The minimum atomic E-state index is -0.0935. The van der Waals surface area contributed by atoms with Gasteiger partial charge in [0.25, 0.3) is 0 Å². The van der Waals surface area contributed by atoms with Crippen LogP contribution < -0.4 is 5.32 Å². The zero-order valence-electron chi connectivity index (χ0n) is 11.9. The van der Waals surface area contributed by atoms with Crippen LogP contribution in [-0.4, -0.2) is 25.8 Å². The van der Waals surface area contributed by atoms with E-state index in [1.807, 2.05) is 12.1 Å². The van der Waals surface area contributed by atoms with E-state index in [0.29, 0.717) is 12.0 Å². The first-order valence-electron chi connectivity index (χ1n) is 7.18. The summed E-state index contributed by atoms with van der Waals surface area (Å²) in [7, 11) is 1.74. The summed E-state index contributed by atoms with van der Waals surface area (Å²) in [6.45, 7) is 3.03. The molecule has 1 aromatic rings. The molecule has 1 fully saturated rings. The highest BCUT2D eigenvalue weighted by atomic mass is 19.1. The second kappa shape index (κ2) is 7.01. The Hall–Kier alpha value is -0.930. The highest BCUT2D eigenvalue weighted by Gasteiger charge is 2.23. The van der Waals surface area contributed by atoms with Gasteiger partial charge in [0.2, 0.25) is 0 Å². The topological polar surface area (TPSA) is 21.3 Å². The first-order valence-corrected chi connectivity index (χ1v) is 7.18. The first kappa shape index (κ1) is 14.5. The predicted molar refractivity (Wildman–Crippen MR) is 75.7 cm³/mol. The van der Waals surface area contributed by atoms with E-state index in [1.165, 1.54) is 12.8 Å². The third kappa shape index (κ3) is 4.92. The number of ether oxygens (including phenoxy) is 1. The van der Waals surface area contributed by atoms with E-state index >= 15 is 0 Å². The molecular formula is C16H24FNO. The standard InChI is InChI=1S/C16H24FNO/c1-12(19-2)9-13(11-18-15-7-8-15)10-14-5-3-4-6-16(14)17/h3-6,12-13,15,18H,7-11H2,1-2H3. The molecule has 19 heavy (non-hydrogen) atoms. The van der Waals surface area contributed by atoms with Gasteiger partial charge in [-0.25, -0.2) is 4.39 Å². The number of methoxy groups -OCH3 is 1. The Morgan fingerprint density at radius 1 is 1.37 bits per heavy atom. The molecule has 0 amide bonds. The molecule has 1 N–H and O–H groups in total. The summed E-state index contributed by atoms with van der Waals surface area (Å²) >= 11 is 0. The molecule has 3 heteroatoms. The normalized spacial score (nSPS) is 18.3. The largest absolute Gasteiger partial charge is 0.382 e. The summed E-state index contributed by atoms with van der Waals surface area (Å²) in [4.78, 5) is 0. The maximum atomic E-state index is 13.7. The summed E-state index contributed by atoms with van der Waals surface area (Å²) in [5.74, 6) is 0.330. The molecule has 2 nitrogen and oxygen atoms in total.